The number of aromatic nitrogens is 2. The summed E-state index contributed by atoms with van der Waals surface area (Å²) in [6.45, 7) is 3.52. The van der Waals surface area contributed by atoms with Gasteiger partial charge in [-0.1, -0.05) is 0 Å². The Labute approximate surface area is 69.0 Å². The maximum atomic E-state index is 10.1. The SMILES string of the molecule is Cc1ncc(OC(=O)O)nc1C. The van der Waals surface area contributed by atoms with Crippen molar-refractivity contribution in [2.75, 3.05) is 0 Å². The zero-order valence-electron chi connectivity index (χ0n) is 6.74. The van der Waals surface area contributed by atoms with Gasteiger partial charge in [-0.05, 0) is 13.8 Å². The fraction of sp³-hybridized carbons (Fsp3) is 0.286. The molecule has 0 amide bonds. The molecule has 1 N–H and O–H groups in total. The van der Waals surface area contributed by atoms with E-state index >= 15 is 0 Å². The summed E-state index contributed by atoms with van der Waals surface area (Å²) in [6, 6.07) is 0. The highest BCUT2D eigenvalue weighted by molar-refractivity contribution is 5.60. The van der Waals surface area contributed by atoms with E-state index in [-0.39, 0.29) is 5.88 Å². The quantitative estimate of drug-likeness (QED) is 0.637. The van der Waals surface area contributed by atoms with Crippen molar-refractivity contribution in [1.82, 2.24) is 9.97 Å². The average Bonchev–Trinajstić information content (AvgIpc) is 1.96. The number of carboxylic acid groups (broad SMARTS) is 1. The van der Waals surface area contributed by atoms with Gasteiger partial charge in [-0.2, -0.15) is 0 Å². The van der Waals surface area contributed by atoms with Crippen LogP contribution in [0.5, 0.6) is 5.88 Å². The molecular weight excluding hydrogens is 160 g/mol. The van der Waals surface area contributed by atoms with E-state index in [9.17, 15) is 4.79 Å². The third-order valence-corrected chi connectivity index (χ3v) is 1.36. The number of hydrogen-bond donors (Lipinski definition) is 1. The molecule has 0 fully saturated rings. The maximum Gasteiger partial charge on any atom is 0.512 e. The summed E-state index contributed by atoms with van der Waals surface area (Å²) < 4.78 is 4.29. The molecule has 0 bridgehead atoms. The highest BCUT2D eigenvalue weighted by Crippen LogP contribution is 2.07. The fourth-order valence-corrected chi connectivity index (χ4v) is 0.659. The molecule has 1 rings (SSSR count). The van der Waals surface area contributed by atoms with Crippen LogP contribution >= 0.6 is 0 Å². The Morgan fingerprint density at radius 3 is 2.67 bits per heavy atom. The van der Waals surface area contributed by atoms with Crippen LogP contribution in [-0.4, -0.2) is 21.2 Å². The van der Waals surface area contributed by atoms with Gasteiger partial charge < -0.3 is 9.84 Å². The zero-order chi connectivity index (χ0) is 9.14. The second kappa shape index (κ2) is 3.17. The monoisotopic (exact) mass is 168 g/mol. The molecule has 0 aliphatic heterocycles. The van der Waals surface area contributed by atoms with Crippen LogP contribution in [0.1, 0.15) is 11.4 Å². The summed E-state index contributed by atoms with van der Waals surface area (Å²) in [5, 5.41) is 8.24. The van der Waals surface area contributed by atoms with Crippen molar-refractivity contribution in [3.63, 3.8) is 0 Å². The first-order chi connectivity index (χ1) is 5.59. The molecule has 0 unspecified atom stereocenters. The van der Waals surface area contributed by atoms with Crippen molar-refractivity contribution in [2.24, 2.45) is 0 Å². The predicted molar refractivity (Wildman–Crippen MR) is 40.2 cm³/mol. The van der Waals surface area contributed by atoms with E-state index in [1.807, 2.05) is 0 Å². The number of nitrogens with zero attached hydrogens (tertiary/aromatic N) is 2. The van der Waals surface area contributed by atoms with Crippen molar-refractivity contribution >= 4 is 6.16 Å². The number of carbonyl (C=O) groups is 1. The lowest BCUT2D eigenvalue weighted by atomic mass is 10.4. The number of rotatable bonds is 1. The van der Waals surface area contributed by atoms with E-state index in [2.05, 4.69) is 14.7 Å². The first-order valence-electron chi connectivity index (χ1n) is 3.30. The van der Waals surface area contributed by atoms with Gasteiger partial charge in [0.2, 0.25) is 5.88 Å². The second-order valence-corrected chi connectivity index (χ2v) is 2.25. The second-order valence-electron chi connectivity index (χ2n) is 2.25. The standard InChI is InChI=1S/C7H8N2O3/c1-4-5(2)9-6(3-8-4)12-7(10)11/h3H,1-2H3,(H,10,11). The van der Waals surface area contributed by atoms with Crippen LogP contribution in [0.2, 0.25) is 0 Å². The molecule has 0 aliphatic carbocycles. The van der Waals surface area contributed by atoms with Crippen molar-refractivity contribution < 1.29 is 14.6 Å². The third kappa shape index (κ3) is 1.91. The Balaban J connectivity index is 2.89. The van der Waals surface area contributed by atoms with Gasteiger partial charge >= 0.3 is 6.16 Å². The van der Waals surface area contributed by atoms with Gasteiger partial charge in [0, 0.05) is 0 Å². The summed E-state index contributed by atoms with van der Waals surface area (Å²) in [7, 11) is 0. The van der Waals surface area contributed by atoms with E-state index in [1.54, 1.807) is 13.8 Å². The molecule has 0 atom stereocenters. The molecule has 64 valence electrons. The zero-order valence-corrected chi connectivity index (χ0v) is 6.74. The molecule has 0 saturated heterocycles. The maximum absolute atomic E-state index is 10.1. The van der Waals surface area contributed by atoms with E-state index in [1.165, 1.54) is 6.20 Å². The fourth-order valence-electron chi connectivity index (χ4n) is 0.659. The Hall–Kier alpha value is -1.65. The predicted octanol–water partition coefficient (Wildman–Crippen LogP) is 1.15. The minimum atomic E-state index is -1.38. The molecule has 1 aromatic rings. The lowest BCUT2D eigenvalue weighted by molar-refractivity contribution is 0.142. The first kappa shape index (κ1) is 8.45. The van der Waals surface area contributed by atoms with Gasteiger partial charge in [0.15, 0.2) is 0 Å². The topological polar surface area (TPSA) is 72.3 Å². The molecular formula is C7H8N2O3. The normalized spacial score (nSPS) is 9.50. The van der Waals surface area contributed by atoms with Crippen LogP contribution in [0.3, 0.4) is 0 Å². The summed E-state index contributed by atoms with van der Waals surface area (Å²) >= 11 is 0. The number of aryl methyl sites for hydroxylation is 2. The van der Waals surface area contributed by atoms with Gasteiger partial charge in [-0.15, -0.1) is 0 Å². The smallest absolute Gasteiger partial charge is 0.449 e. The third-order valence-electron chi connectivity index (χ3n) is 1.36. The van der Waals surface area contributed by atoms with E-state index in [4.69, 9.17) is 5.11 Å². The van der Waals surface area contributed by atoms with Crippen molar-refractivity contribution in [1.29, 1.82) is 0 Å². The molecule has 0 saturated carbocycles. The lowest BCUT2D eigenvalue weighted by Crippen LogP contribution is -2.06. The first-order valence-corrected chi connectivity index (χ1v) is 3.30. The highest BCUT2D eigenvalue weighted by Gasteiger charge is 2.03. The minimum Gasteiger partial charge on any atom is -0.449 e. The van der Waals surface area contributed by atoms with Crippen molar-refractivity contribution in [2.45, 2.75) is 13.8 Å². The van der Waals surface area contributed by atoms with Gasteiger partial charge in [-0.25, -0.2) is 9.78 Å². The Bertz CT molecular complexity index is 312. The van der Waals surface area contributed by atoms with Gasteiger partial charge in [-0.3, -0.25) is 4.98 Å². The molecule has 5 heteroatoms. The van der Waals surface area contributed by atoms with Crippen LogP contribution in [0.4, 0.5) is 4.79 Å². The molecule has 0 aliphatic rings. The van der Waals surface area contributed by atoms with Crippen LogP contribution in [-0.2, 0) is 0 Å². The average molecular weight is 168 g/mol. The Morgan fingerprint density at radius 1 is 1.50 bits per heavy atom. The molecule has 12 heavy (non-hydrogen) atoms. The van der Waals surface area contributed by atoms with Gasteiger partial charge in [0.1, 0.15) is 0 Å². The van der Waals surface area contributed by atoms with Crippen LogP contribution in [0, 0.1) is 13.8 Å². The molecule has 5 nitrogen and oxygen atoms in total. The van der Waals surface area contributed by atoms with Crippen molar-refractivity contribution in [3.05, 3.63) is 17.6 Å². The molecule has 0 spiro atoms. The van der Waals surface area contributed by atoms with E-state index in [0.717, 1.165) is 5.69 Å². The van der Waals surface area contributed by atoms with Gasteiger partial charge in [0.25, 0.3) is 0 Å². The highest BCUT2D eigenvalue weighted by atomic mass is 16.7. The van der Waals surface area contributed by atoms with E-state index in [0.29, 0.717) is 5.69 Å². The summed E-state index contributed by atoms with van der Waals surface area (Å²) in [4.78, 5) is 17.8. The summed E-state index contributed by atoms with van der Waals surface area (Å²) in [5.41, 5.74) is 1.42. The number of ether oxygens (including phenoxy) is 1. The summed E-state index contributed by atoms with van der Waals surface area (Å²) in [6.07, 6.45) is -0.108. The molecule has 1 heterocycles. The lowest BCUT2D eigenvalue weighted by Gasteiger charge is -2.00. The molecule has 0 aromatic carbocycles. The Morgan fingerprint density at radius 2 is 2.17 bits per heavy atom. The van der Waals surface area contributed by atoms with Crippen LogP contribution in [0.25, 0.3) is 0 Å². The van der Waals surface area contributed by atoms with E-state index < -0.39 is 6.16 Å². The largest absolute Gasteiger partial charge is 0.512 e. The van der Waals surface area contributed by atoms with Crippen LogP contribution in [0.15, 0.2) is 6.20 Å². The summed E-state index contributed by atoms with van der Waals surface area (Å²) in [5.74, 6) is 0.00519. The molecule has 1 aromatic heterocycles. The molecule has 0 radical (unpaired) electrons. The minimum absolute atomic E-state index is 0.00519. The van der Waals surface area contributed by atoms with Gasteiger partial charge in [0.05, 0.1) is 17.6 Å². The van der Waals surface area contributed by atoms with Crippen molar-refractivity contribution in [3.8, 4) is 5.88 Å². The Kier molecular flexibility index (Phi) is 2.23. The number of hydrogen-bond acceptors (Lipinski definition) is 4. The van der Waals surface area contributed by atoms with Crippen LogP contribution < -0.4 is 4.74 Å².